The van der Waals surface area contributed by atoms with Gasteiger partial charge in [-0.15, -0.1) is 5.10 Å². The average molecular weight is 269 g/mol. The van der Waals surface area contributed by atoms with Gasteiger partial charge in [0.15, 0.2) is 5.69 Å². The fraction of sp³-hybridized carbons (Fsp3) is 0.769. The minimum Gasteiger partial charge on any atom is -0.458 e. The molecule has 1 heterocycles. The quantitative estimate of drug-likeness (QED) is 0.532. The van der Waals surface area contributed by atoms with Gasteiger partial charge >= 0.3 is 5.97 Å². The van der Waals surface area contributed by atoms with Crippen molar-refractivity contribution in [1.29, 1.82) is 0 Å². The van der Waals surface area contributed by atoms with E-state index in [2.05, 4.69) is 24.2 Å². The van der Waals surface area contributed by atoms with Gasteiger partial charge in [0.2, 0.25) is 0 Å². The van der Waals surface area contributed by atoms with Gasteiger partial charge in [0.1, 0.15) is 6.61 Å². The molecule has 1 aromatic heterocycles. The summed E-state index contributed by atoms with van der Waals surface area (Å²) in [5.41, 5.74) is 1.05. The Hall–Kier alpha value is -1.43. The molecule has 0 aliphatic heterocycles. The van der Waals surface area contributed by atoms with Gasteiger partial charge in [0.05, 0.1) is 12.3 Å². The Morgan fingerprint density at radius 3 is 2.79 bits per heavy atom. The molecule has 1 aromatic rings. The molecule has 6 heteroatoms. The summed E-state index contributed by atoms with van der Waals surface area (Å²) in [6.45, 7) is 7.55. The molecule has 0 aromatic carbocycles. The molecule has 1 atom stereocenters. The normalized spacial score (nSPS) is 12.4. The summed E-state index contributed by atoms with van der Waals surface area (Å²) < 4.78 is 11.6. The van der Waals surface area contributed by atoms with Crippen molar-refractivity contribution >= 4 is 5.97 Å². The van der Waals surface area contributed by atoms with Gasteiger partial charge in [-0.3, -0.25) is 0 Å². The lowest BCUT2D eigenvalue weighted by atomic mass is 10.1. The number of hydrogen-bond acceptors (Lipinski definition) is 5. The molecule has 19 heavy (non-hydrogen) atoms. The first kappa shape index (κ1) is 15.6. The second-order valence-electron chi connectivity index (χ2n) is 4.73. The Morgan fingerprint density at radius 2 is 2.16 bits per heavy atom. The molecule has 0 spiro atoms. The Morgan fingerprint density at radius 1 is 1.42 bits per heavy atom. The number of carbonyl (C=O) groups excluding carboxylic acids is 1. The highest BCUT2D eigenvalue weighted by molar-refractivity contribution is 5.88. The molecule has 1 rings (SSSR count). The van der Waals surface area contributed by atoms with E-state index < -0.39 is 5.97 Å². The van der Waals surface area contributed by atoms with Crippen LogP contribution in [0.15, 0.2) is 0 Å². The number of esters is 1. The van der Waals surface area contributed by atoms with E-state index in [0.29, 0.717) is 18.2 Å². The molecule has 0 saturated carbocycles. The third-order valence-electron chi connectivity index (χ3n) is 2.96. The van der Waals surface area contributed by atoms with Gasteiger partial charge in [-0.05, 0) is 19.3 Å². The van der Waals surface area contributed by atoms with Crippen molar-refractivity contribution in [2.45, 2.75) is 40.2 Å². The molecular weight excluding hydrogens is 246 g/mol. The molecule has 108 valence electrons. The molecule has 0 radical (unpaired) electrons. The number of hydrogen-bond donors (Lipinski definition) is 0. The van der Waals surface area contributed by atoms with Gasteiger partial charge in [-0.1, -0.05) is 25.5 Å². The summed E-state index contributed by atoms with van der Waals surface area (Å²) in [6, 6.07) is 0. The van der Waals surface area contributed by atoms with E-state index in [4.69, 9.17) is 9.47 Å². The first-order valence-electron chi connectivity index (χ1n) is 6.66. The van der Waals surface area contributed by atoms with Gasteiger partial charge in [-0.25, -0.2) is 9.48 Å². The summed E-state index contributed by atoms with van der Waals surface area (Å²) >= 11 is 0. The number of nitrogens with zero attached hydrogens (tertiary/aromatic N) is 3. The molecular formula is C13H23N3O3. The molecule has 0 aliphatic rings. The van der Waals surface area contributed by atoms with Crippen molar-refractivity contribution in [2.24, 2.45) is 5.92 Å². The minimum absolute atomic E-state index is 0.230. The van der Waals surface area contributed by atoms with Crippen LogP contribution in [0.1, 0.15) is 42.9 Å². The van der Waals surface area contributed by atoms with Crippen molar-refractivity contribution in [3.05, 3.63) is 11.4 Å². The highest BCUT2D eigenvalue weighted by Gasteiger charge is 2.18. The molecule has 0 aliphatic carbocycles. The summed E-state index contributed by atoms with van der Waals surface area (Å²) in [5, 5.41) is 7.93. The molecule has 0 saturated heterocycles. The first-order chi connectivity index (χ1) is 9.10. The van der Waals surface area contributed by atoms with Crippen molar-refractivity contribution in [1.82, 2.24) is 15.0 Å². The van der Waals surface area contributed by atoms with Crippen LogP contribution < -0.4 is 0 Å². The lowest BCUT2D eigenvalue weighted by molar-refractivity contribution is 0.0380. The van der Waals surface area contributed by atoms with Crippen LogP contribution in [0.3, 0.4) is 0 Å². The lowest BCUT2D eigenvalue weighted by Gasteiger charge is -2.10. The number of aromatic nitrogens is 3. The maximum atomic E-state index is 11.8. The van der Waals surface area contributed by atoms with Gasteiger partial charge in [-0.2, -0.15) is 0 Å². The van der Waals surface area contributed by atoms with Crippen LogP contribution in [-0.4, -0.2) is 41.3 Å². The second kappa shape index (κ2) is 7.89. The Labute approximate surface area is 114 Å². The van der Waals surface area contributed by atoms with Crippen LogP contribution in [-0.2, 0) is 16.0 Å². The molecule has 0 bridgehead atoms. The zero-order valence-corrected chi connectivity index (χ0v) is 12.2. The number of methoxy groups -OCH3 is 1. The molecule has 0 fully saturated rings. The Kier molecular flexibility index (Phi) is 6.49. The SMILES string of the molecule is CCCC(C)Cn1nnc(C(=O)OCCOC)c1C. The summed E-state index contributed by atoms with van der Waals surface area (Å²) in [7, 11) is 1.56. The molecule has 1 unspecified atom stereocenters. The number of rotatable bonds is 8. The van der Waals surface area contributed by atoms with E-state index in [9.17, 15) is 4.79 Å². The number of carbonyl (C=O) groups is 1. The molecule has 0 N–H and O–H groups in total. The lowest BCUT2D eigenvalue weighted by Crippen LogP contribution is -2.13. The maximum Gasteiger partial charge on any atom is 0.360 e. The van der Waals surface area contributed by atoms with Crippen molar-refractivity contribution in [3.8, 4) is 0 Å². The smallest absolute Gasteiger partial charge is 0.360 e. The highest BCUT2D eigenvalue weighted by Crippen LogP contribution is 2.11. The van der Waals surface area contributed by atoms with Crippen LogP contribution in [0.4, 0.5) is 0 Å². The van der Waals surface area contributed by atoms with Gasteiger partial charge in [0, 0.05) is 13.7 Å². The standard InChI is InChI=1S/C13H23N3O3/c1-5-6-10(2)9-16-11(3)12(14-15-16)13(17)19-8-7-18-4/h10H,5-9H2,1-4H3. The van der Waals surface area contributed by atoms with Gasteiger partial charge in [0.25, 0.3) is 0 Å². The van der Waals surface area contributed by atoms with Crippen LogP contribution in [0.25, 0.3) is 0 Å². The minimum atomic E-state index is -0.441. The average Bonchev–Trinajstić information content (AvgIpc) is 2.71. The fourth-order valence-electron chi connectivity index (χ4n) is 1.89. The highest BCUT2D eigenvalue weighted by atomic mass is 16.6. The topological polar surface area (TPSA) is 66.2 Å². The summed E-state index contributed by atoms with van der Waals surface area (Å²) in [6.07, 6.45) is 2.27. The monoisotopic (exact) mass is 269 g/mol. The summed E-state index contributed by atoms with van der Waals surface area (Å²) in [5.74, 6) is 0.0757. The largest absolute Gasteiger partial charge is 0.458 e. The third kappa shape index (κ3) is 4.63. The predicted octanol–water partition coefficient (Wildman–Crippen LogP) is 1.83. The molecule has 6 nitrogen and oxygen atoms in total. The number of ether oxygens (including phenoxy) is 2. The fourth-order valence-corrected chi connectivity index (χ4v) is 1.89. The zero-order valence-electron chi connectivity index (χ0n) is 12.2. The van der Waals surface area contributed by atoms with Crippen LogP contribution >= 0.6 is 0 Å². The zero-order chi connectivity index (χ0) is 14.3. The van der Waals surface area contributed by atoms with Crippen LogP contribution in [0, 0.1) is 12.8 Å². The van der Waals surface area contributed by atoms with Crippen LogP contribution in [0.2, 0.25) is 0 Å². The Balaban J connectivity index is 2.62. The third-order valence-corrected chi connectivity index (χ3v) is 2.96. The maximum absolute atomic E-state index is 11.8. The van der Waals surface area contributed by atoms with E-state index in [0.717, 1.165) is 25.1 Å². The van der Waals surface area contributed by atoms with Gasteiger partial charge < -0.3 is 9.47 Å². The molecule has 0 amide bonds. The van der Waals surface area contributed by atoms with E-state index in [1.165, 1.54) is 0 Å². The van der Waals surface area contributed by atoms with Crippen molar-refractivity contribution in [2.75, 3.05) is 20.3 Å². The van der Waals surface area contributed by atoms with E-state index >= 15 is 0 Å². The van der Waals surface area contributed by atoms with E-state index in [1.54, 1.807) is 11.8 Å². The Bertz CT molecular complexity index is 404. The van der Waals surface area contributed by atoms with Crippen LogP contribution in [0.5, 0.6) is 0 Å². The van der Waals surface area contributed by atoms with Crippen molar-refractivity contribution < 1.29 is 14.3 Å². The first-order valence-corrected chi connectivity index (χ1v) is 6.66. The predicted molar refractivity (Wildman–Crippen MR) is 71.0 cm³/mol. The van der Waals surface area contributed by atoms with E-state index in [1.807, 2.05) is 6.92 Å². The summed E-state index contributed by atoms with van der Waals surface area (Å²) in [4.78, 5) is 11.8. The van der Waals surface area contributed by atoms with Crippen molar-refractivity contribution in [3.63, 3.8) is 0 Å². The second-order valence-corrected chi connectivity index (χ2v) is 4.73. The van der Waals surface area contributed by atoms with E-state index in [-0.39, 0.29) is 6.61 Å².